The van der Waals surface area contributed by atoms with Gasteiger partial charge in [0.2, 0.25) is 0 Å². The Morgan fingerprint density at radius 1 is 0.938 bits per heavy atom. The molecule has 4 N–H and O–H groups in total. The lowest BCUT2D eigenvalue weighted by atomic mass is 10.2. The number of hydrogen-bond acceptors (Lipinski definition) is 4. The molecule has 0 bridgehead atoms. The minimum Gasteiger partial charge on any atom is -0.320 e. The summed E-state index contributed by atoms with van der Waals surface area (Å²) in [6, 6.07) is 1.28. The molecule has 0 aliphatic carbocycles. The van der Waals surface area contributed by atoms with Gasteiger partial charge in [0, 0.05) is 18.6 Å². The van der Waals surface area contributed by atoms with Crippen LogP contribution in [0.3, 0.4) is 0 Å². The van der Waals surface area contributed by atoms with Crippen LogP contribution < -0.4 is 21.3 Å². The average molecular weight is 232 g/mol. The molecule has 0 heterocycles. The van der Waals surface area contributed by atoms with E-state index in [0.717, 1.165) is 13.1 Å². The quantitative estimate of drug-likeness (QED) is 0.489. The third kappa shape index (κ3) is 13.8. The third-order valence-corrected chi connectivity index (χ3v) is 2.67. The monoisotopic (exact) mass is 232 g/mol. The van der Waals surface area contributed by atoms with Crippen LogP contribution in [0.2, 0.25) is 0 Å². The summed E-state index contributed by atoms with van der Waals surface area (Å²) >= 11 is 0. The number of nitrogens with one attached hydrogen (secondary N) is 4. The number of rotatable bonds is 8. The van der Waals surface area contributed by atoms with E-state index in [-0.39, 0.29) is 0 Å². The zero-order chi connectivity index (χ0) is 12.8. The average Bonchev–Trinajstić information content (AvgIpc) is 2.33. The van der Waals surface area contributed by atoms with E-state index in [9.17, 15) is 0 Å². The Balaban J connectivity index is 0. The second kappa shape index (κ2) is 14.8. The molecule has 0 rings (SSSR count). The van der Waals surface area contributed by atoms with Gasteiger partial charge in [-0.1, -0.05) is 6.92 Å². The fourth-order valence-corrected chi connectivity index (χ4v) is 1.20. The van der Waals surface area contributed by atoms with E-state index in [1.807, 2.05) is 28.2 Å². The van der Waals surface area contributed by atoms with E-state index in [2.05, 4.69) is 35.1 Å². The Labute approximate surface area is 102 Å². The van der Waals surface area contributed by atoms with Crippen molar-refractivity contribution in [2.75, 3.05) is 41.3 Å². The zero-order valence-electron chi connectivity index (χ0n) is 12.0. The van der Waals surface area contributed by atoms with E-state index in [1.54, 1.807) is 0 Å². The van der Waals surface area contributed by atoms with Crippen molar-refractivity contribution in [2.24, 2.45) is 0 Å². The van der Waals surface area contributed by atoms with Gasteiger partial charge in [-0.05, 0) is 54.5 Å². The highest BCUT2D eigenvalue weighted by Crippen LogP contribution is 1.84. The maximum Gasteiger partial charge on any atom is 0.0186 e. The minimum atomic E-state index is 0.639. The minimum absolute atomic E-state index is 0.639. The molecule has 4 heteroatoms. The molecular formula is C12H32N4. The van der Waals surface area contributed by atoms with Crippen LogP contribution in [0.1, 0.15) is 26.7 Å². The molecular weight excluding hydrogens is 200 g/mol. The number of hydrogen-bond donors (Lipinski definition) is 4. The molecule has 0 saturated carbocycles. The van der Waals surface area contributed by atoms with Crippen LogP contribution in [-0.4, -0.2) is 53.4 Å². The smallest absolute Gasteiger partial charge is 0.0186 e. The van der Waals surface area contributed by atoms with Crippen LogP contribution in [0, 0.1) is 0 Å². The fourth-order valence-electron chi connectivity index (χ4n) is 1.20. The molecule has 0 spiro atoms. The lowest BCUT2D eigenvalue weighted by molar-refractivity contribution is 0.519. The molecule has 100 valence electrons. The first kappa shape index (κ1) is 18.2. The fraction of sp³-hybridized carbons (Fsp3) is 1.00. The lowest BCUT2D eigenvalue weighted by Gasteiger charge is -2.11. The van der Waals surface area contributed by atoms with Crippen LogP contribution in [0.15, 0.2) is 0 Å². The number of likely N-dealkylation sites (N-methyl/N-ethyl adjacent to an activating group) is 2. The summed E-state index contributed by atoms with van der Waals surface area (Å²) < 4.78 is 0. The van der Waals surface area contributed by atoms with Gasteiger partial charge < -0.3 is 21.3 Å². The molecule has 16 heavy (non-hydrogen) atoms. The van der Waals surface area contributed by atoms with E-state index < -0.39 is 0 Å². The largest absolute Gasteiger partial charge is 0.320 e. The van der Waals surface area contributed by atoms with Gasteiger partial charge in [-0.15, -0.1) is 0 Å². The molecule has 0 amide bonds. The Hall–Kier alpha value is -0.160. The summed E-state index contributed by atoms with van der Waals surface area (Å²) in [5, 5.41) is 12.5. The van der Waals surface area contributed by atoms with Crippen molar-refractivity contribution in [3.63, 3.8) is 0 Å². The molecule has 0 radical (unpaired) electrons. The Morgan fingerprint density at radius 3 is 1.81 bits per heavy atom. The van der Waals surface area contributed by atoms with Gasteiger partial charge in [0.25, 0.3) is 0 Å². The van der Waals surface area contributed by atoms with Gasteiger partial charge in [-0.3, -0.25) is 0 Å². The van der Waals surface area contributed by atoms with Crippen molar-refractivity contribution in [3.8, 4) is 0 Å². The Kier molecular flexibility index (Phi) is 16.9. The van der Waals surface area contributed by atoms with Crippen molar-refractivity contribution >= 4 is 0 Å². The van der Waals surface area contributed by atoms with Crippen LogP contribution in [0.25, 0.3) is 0 Å². The molecule has 0 fully saturated rings. The summed E-state index contributed by atoms with van der Waals surface area (Å²) in [6.45, 7) is 6.52. The highest BCUT2D eigenvalue weighted by Gasteiger charge is 1.97. The van der Waals surface area contributed by atoms with Gasteiger partial charge in [0.05, 0.1) is 0 Å². The first-order chi connectivity index (χ1) is 7.65. The van der Waals surface area contributed by atoms with Gasteiger partial charge >= 0.3 is 0 Å². The molecule has 0 aromatic rings. The van der Waals surface area contributed by atoms with Crippen molar-refractivity contribution in [3.05, 3.63) is 0 Å². The maximum absolute atomic E-state index is 3.19. The summed E-state index contributed by atoms with van der Waals surface area (Å²) in [5.41, 5.74) is 0. The van der Waals surface area contributed by atoms with E-state index >= 15 is 0 Å². The van der Waals surface area contributed by atoms with Crippen LogP contribution in [0.5, 0.6) is 0 Å². The highest BCUT2D eigenvalue weighted by atomic mass is 14.9. The predicted molar refractivity (Wildman–Crippen MR) is 74.1 cm³/mol. The second-order valence-corrected chi connectivity index (χ2v) is 4.03. The first-order valence-electron chi connectivity index (χ1n) is 6.29. The molecule has 0 saturated heterocycles. The Bertz CT molecular complexity index is 116. The van der Waals surface area contributed by atoms with Crippen LogP contribution in [0.4, 0.5) is 0 Å². The van der Waals surface area contributed by atoms with Gasteiger partial charge in [-0.2, -0.15) is 0 Å². The van der Waals surface area contributed by atoms with Crippen LogP contribution >= 0.6 is 0 Å². The summed E-state index contributed by atoms with van der Waals surface area (Å²) in [4.78, 5) is 0. The van der Waals surface area contributed by atoms with E-state index in [1.165, 1.54) is 12.8 Å². The van der Waals surface area contributed by atoms with Gasteiger partial charge in [-0.25, -0.2) is 0 Å². The summed E-state index contributed by atoms with van der Waals surface area (Å²) in [7, 11) is 7.92. The van der Waals surface area contributed by atoms with Gasteiger partial charge in [0.1, 0.15) is 0 Å². The molecule has 2 unspecified atom stereocenters. The Morgan fingerprint density at radius 2 is 1.56 bits per heavy atom. The maximum atomic E-state index is 3.19. The lowest BCUT2D eigenvalue weighted by Crippen LogP contribution is -2.34. The first-order valence-corrected chi connectivity index (χ1v) is 6.29. The normalized spacial score (nSPS) is 13.9. The molecule has 0 aromatic carbocycles. The predicted octanol–water partition coefficient (Wildman–Crippen LogP) is 0.408. The van der Waals surface area contributed by atoms with Gasteiger partial charge in [0.15, 0.2) is 0 Å². The second-order valence-electron chi connectivity index (χ2n) is 4.03. The SMILES string of the molecule is CCC(CNC)NC.CNCCC(C)NC. The standard InChI is InChI=1S/2C6H16N2/c1-6(8-3)4-5-7-2;1-4-6(8-3)5-7-2/h2*6-8H,4-5H2,1-3H3. The summed E-state index contributed by atoms with van der Waals surface area (Å²) in [5.74, 6) is 0. The van der Waals surface area contributed by atoms with Crippen molar-refractivity contribution < 1.29 is 0 Å². The van der Waals surface area contributed by atoms with E-state index in [4.69, 9.17) is 0 Å². The summed E-state index contributed by atoms with van der Waals surface area (Å²) in [6.07, 6.45) is 2.39. The van der Waals surface area contributed by atoms with Crippen molar-refractivity contribution in [1.82, 2.24) is 21.3 Å². The zero-order valence-corrected chi connectivity index (χ0v) is 12.0. The molecule has 4 nitrogen and oxygen atoms in total. The molecule has 0 aliphatic heterocycles. The van der Waals surface area contributed by atoms with Crippen molar-refractivity contribution in [2.45, 2.75) is 38.8 Å². The molecule has 2 atom stereocenters. The topological polar surface area (TPSA) is 48.1 Å². The van der Waals surface area contributed by atoms with Crippen molar-refractivity contribution in [1.29, 1.82) is 0 Å². The molecule has 0 aromatic heterocycles. The molecule has 0 aliphatic rings. The highest BCUT2D eigenvalue weighted by molar-refractivity contribution is 4.62. The van der Waals surface area contributed by atoms with Crippen LogP contribution in [-0.2, 0) is 0 Å². The van der Waals surface area contributed by atoms with E-state index in [0.29, 0.717) is 12.1 Å². The third-order valence-electron chi connectivity index (χ3n) is 2.67.